The van der Waals surface area contributed by atoms with E-state index < -0.39 is 6.04 Å². The lowest BCUT2D eigenvalue weighted by atomic mass is 10.1. The summed E-state index contributed by atoms with van der Waals surface area (Å²) in [5.41, 5.74) is 3.32. The van der Waals surface area contributed by atoms with E-state index in [4.69, 9.17) is 0 Å². The summed E-state index contributed by atoms with van der Waals surface area (Å²) in [6.07, 6.45) is 5.48. The second-order valence-corrected chi connectivity index (χ2v) is 8.15. The monoisotopic (exact) mass is 392 g/mol. The van der Waals surface area contributed by atoms with Crippen molar-refractivity contribution in [2.75, 3.05) is 6.54 Å². The predicted molar refractivity (Wildman–Crippen MR) is 117 cm³/mol. The normalized spacial score (nSPS) is 15.1. The van der Waals surface area contributed by atoms with E-state index in [1.807, 2.05) is 56.3 Å². The molecule has 2 aromatic rings. The average Bonchev–Trinajstić information content (AvgIpc) is 3.23. The summed E-state index contributed by atoms with van der Waals surface area (Å²) in [6, 6.07) is 17.9. The maximum Gasteiger partial charge on any atom is 0.242 e. The number of carbonyl (C=O) groups is 2. The van der Waals surface area contributed by atoms with Crippen LogP contribution < -0.4 is 5.32 Å². The second kappa shape index (κ2) is 10.2. The van der Waals surface area contributed by atoms with E-state index in [-0.39, 0.29) is 17.9 Å². The van der Waals surface area contributed by atoms with E-state index in [1.54, 1.807) is 4.90 Å². The van der Waals surface area contributed by atoms with E-state index in [1.165, 1.54) is 24.0 Å². The molecular formula is C25H32N2O2. The maximum atomic E-state index is 13.1. The highest BCUT2D eigenvalue weighted by atomic mass is 16.2. The first-order valence-electron chi connectivity index (χ1n) is 10.7. The molecule has 1 atom stereocenters. The van der Waals surface area contributed by atoms with Gasteiger partial charge in [0.25, 0.3) is 0 Å². The van der Waals surface area contributed by atoms with Gasteiger partial charge in [0.2, 0.25) is 11.8 Å². The highest BCUT2D eigenvalue weighted by Crippen LogP contribution is 2.18. The van der Waals surface area contributed by atoms with Crippen molar-refractivity contribution in [2.45, 2.75) is 64.5 Å². The number of nitrogens with one attached hydrogen (secondary N) is 1. The third-order valence-electron chi connectivity index (χ3n) is 5.83. The maximum absolute atomic E-state index is 13.1. The first-order chi connectivity index (χ1) is 14.0. The van der Waals surface area contributed by atoms with Gasteiger partial charge in [0.1, 0.15) is 6.04 Å². The lowest BCUT2D eigenvalue weighted by Gasteiger charge is -2.30. The summed E-state index contributed by atoms with van der Waals surface area (Å²) >= 11 is 0. The molecule has 0 aliphatic heterocycles. The van der Waals surface area contributed by atoms with Crippen molar-refractivity contribution in [1.82, 2.24) is 10.2 Å². The minimum absolute atomic E-state index is 0.00106. The zero-order valence-electron chi connectivity index (χ0n) is 17.6. The number of rotatable bonds is 8. The van der Waals surface area contributed by atoms with Crippen LogP contribution in [0.5, 0.6) is 0 Å². The van der Waals surface area contributed by atoms with Crippen molar-refractivity contribution in [2.24, 2.45) is 0 Å². The number of hydrogen-bond donors (Lipinski definition) is 1. The van der Waals surface area contributed by atoms with Gasteiger partial charge in [-0.15, -0.1) is 0 Å². The van der Waals surface area contributed by atoms with Crippen LogP contribution in [0.25, 0.3) is 0 Å². The highest BCUT2D eigenvalue weighted by Gasteiger charge is 2.28. The predicted octanol–water partition coefficient (Wildman–Crippen LogP) is 4.06. The zero-order valence-corrected chi connectivity index (χ0v) is 17.6. The molecule has 0 spiro atoms. The fourth-order valence-electron chi connectivity index (χ4n) is 3.94. The first-order valence-corrected chi connectivity index (χ1v) is 10.7. The van der Waals surface area contributed by atoms with Gasteiger partial charge in [-0.3, -0.25) is 9.59 Å². The Kier molecular flexibility index (Phi) is 7.45. The molecule has 4 nitrogen and oxygen atoms in total. The third-order valence-corrected chi connectivity index (χ3v) is 5.83. The first kappa shape index (κ1) is 21.1. The topological polar surface area (TPSA) is 49.4 Å². The van der Waals surface area contributed by atoms with Crippen LogP contribution in [0.3, 0.4) is 0 Å². The Balaban J connectivity index is 1.69. The summed E-state index contributed by atoms with van der Waals surface area (Å²) in [5, 5.41) is 3.15. The van der Waals surface area contributed by atoms with E-state index in [0.29, 0.717) is 13.0 Å². The molecular weight excluding hydrogens is 360 g/mol. The molecule has 2 amide bonds. The van der Waals surface area contributed by atoms with Gasteiger partial charge < -0.3 is 10.2 Å². The van der Waals surface area contributed by atoms with Crippen LogP contribution in [-0.2, 0) is 22.4 Å². The molecule has 0 unspecified atom stereocenters. The number of carbonyl (C=O) groups excluding carboxylic acids is 2. The van der Waals surface area contributed by atoms with Crippen molar-refractivity contribution in [3.8, 4) is 0 Å². The molecule has 1 N–H and O–H groups in total. The van der Waals surface area contributed by atoms with Crippen LogP contribution >= 0.6 is 0 Å². The molecule has 1 saturated carbocycles. The highest BCUT2D eigenvalue weighted by molar-refractivity contribution is 5.88. The van der Waals surface area contributed by atoms with Gasteiger partial charge in [0.05, 0.1) is 6.42 Å². The Morgan fingerprint density at radius 1 is 1.00 bits per heavy atom. The Morgan fingerprint density at radius 3 is 2.31 bits per heavy atom. The fourth-order valence-corrected chi connectivity index (χ4v) is 3.94. The van der Waals surface area contributed by atoms with Gasteiger partial charge in [0.15, 0.2) is 0 Å². The molecule has 1 aliphatic carbocycles. The zero-order chi connectivity index (χ0) is 20.6. The second-order valence-electron chi connectivity index (χ2n) is 8.15. The Hall–Kier alpha value is -2.62. The smallest absolute Gasteiger partial charge is 0.242 e. The van der Waals surface area contributed by atoms with Gasteiger partial charge in [0, 0.05) is 12.6 Å². The van der Waals surface area contributed by atoms with E-state index in [9.17, 15) is 9.59 Å². The van der Waals surface area contributed by atoms with Gasteiger partial charge in [-0.2, -0.15) is 0 Å². The van der Waals surface area contributed by atoms with Crippen molar-refractivity contribution in [3.05, 3.63) is 71.3 Å². The molecule has 0 radical (unpaired) electrons. The number of hydrogen-bond acceptors (Lipinski definition) is 2. The van der Waals surface area contributed by atoms with Crippen LogP contribution in [0, 0.1) is 6.92 Å². The van der Waals surface area contributed by atoms with Gasteiger partial charge >= 0.3 is 0 Å². The van der Waals surface area contributed by atoms with Crippen LogP contribution in [-0.4, -0.2) is 35.3 Å². The van der Waals surface area contributed by atoms with E-state index in [0.717, 1.165) is 24.8 Å². The van der Waals surface area contributed by atoms with E-state index >= 15 is 0 Å². The fraction of sp³-hybridized carbons (Fsp3) is 0.440. The Bertz CT molecular complexity index is 795. The molecule has 29 heavy (non-hydrogen) atoms. The number of amides is 2. The Morgan fingerprint density at radius 2 is 1.66 bits per heavy atom. The summed E-state index contributed by atoms with van der Waals surface area (Å²) in [7, 11) is 0. The number of benzene rings is 2. The SMILES string of the molecule is Cc1ccc(CC(=O)N(CCc2ccccc2)[C@@H](C)C(=O)NC2CCCC2)cc1. The van der Waals surface area contributed by atoms with E-state index in [2.05, 4.69) is 17.4 Å². The molecule has 0 saturated heterocycles. The lowest BCUT2D eigenvalue weighted by Crippen LogP contribution is -2.51. The number of aryl methyl sites for hydroxylation is 1. The average molecular weight is 393 g/mol. The third kappa shape index (κ3) is 6.18. The minimum Gasteiger partial charge on any atom is -0.352 e. The summed E-state index contributed by atoms with van der Waals surface area (Å²) < 4.78 is 0. The molecule has 154 valence electrons. The molecule has 1 aliphatic rings. The van der Waals surface area contributed by atoms with Gasteiger partial charge in [-0.1, -0.05) is 73.0 Å². The molecule has 0 heterocycles. The molecule has 2 aromatic carbocycles. The van der Waals surface area contributed by atoms with Crippen LogP contribution in [0.1, 0.15) is 49.3 Å². The Labute approximate surface area is 174 Å². The molecule has 0 bridgehead atoms. The number of nitrogens with zero attached hydrogens (tertiary/aromatic N) is 1. The van der Waals surface area contributed by atoms with Crippen molar-refractivity contribution in [1.29, 1.82) is 0 Å². The molecule has 3 rings (SSSR count). The molecule has 1 fully saturated rings. The van der Waals surface area contributed by atoms with Crippen LogP contribution in [0.4, 0.5) is 0 Å². The van der Waals surface area contributed by atoms with Gasteiger partial charge in [-0.25, -0.2) is 0 Å². The lowest BCUT2D eigenvalue weighted by molar-refractivity contribution is -0.139. The largest absolute Gasteiger partial charge is 0.352 e. The minimum atomic E-state index is -0.475. The standard InChI is InChI=1S/C25H32N2O2/c1-19-12-14-22(15-13-19)18-24(28)27(17-16-21-8-4-3-5-9-21)20(2)25(29)26-23-10-6-7-11-23/h3-5,8-9,12-15,20,23H,6-7,10-11,16-18H2,1-2H3,(H,26,29)/t20-/m0/s1. The van der Waals surface area contributed by atoms with Crippen molar-refractivity contribution in [3.63, 3.8) is 0 Å². The van der Waals surface area contributed by atoms with Crippen molar-refractivity contribution < 1.29 is 9.59 Å². The summed E-state index contributed by atoms with van der Waals surface area (Å²) in [6.45, 7) is 4.42. The van der Waals surface area contributed by atoms with Crippen LogP contribution in [0.2, 0.25) is 0 Å². The quantitative estimate of drug-likeness (QED) is 0.737. The molecule has 0 aromatic heterocycles. The summed E-state index contributed by atoms with van der Waals surface area (Å²) in [5.74, 6) is -0.0407. The van der Waals surface area contributed by atoms with Gasteiger partial charge in [-0.05, 0) is 44.2 Å². The van der Waals surface area contributed by atoms with Crippen molar-refractivity contribution >= 4 is 11.8 Å². The molecule has 4 heteroatoms. The van der Waals surface area contributed by atoms with Crippen LogP contribution in [0.15, 0.2) is 54.6 Å². The summed E-state index contributed by atoms with van der Waals surface area (Å²) in [4.78, 5) is 27.7.